The molecule has 1 heterocycles. The van der Waals surface area contributed by atoms with Gasteiger partial charge in [-0.1, -0.05) is 30.2 Å². The van der Waals surface area contributed by atoms with Crippen molar-refractivity contribution in [3.8, 4) is 6.01 Å². The molecule has 0 spiro atoms. The Labute approximate surface area is 349 Å². The first-order valence-corrected chi connectivity index (χ1v) is 19.7. The molecule has 60 heavy (non-hydrogen) atoms. The van der Waals surface area contributed by atoms with Crippen LogP contribution >= 0.6 is 11.6 Å². The van der Waals surface area contributed by atoms with Crippen LogP contribution in [0, 0.1) is 5.92 Å². The summed E-state index contributed by atoms with van der Waals surface area (Å²) in [5.74, 6) is -3.18. The molecule has 2 saturated carbocycles. The standard InChI is InChI=1S/C40H48ClF3N8O8/c1-38(2,3)60-37(57)47-28-7-5-6-23(20-28)21-30(53)32(55)45-19-16-29(33(56)58-4)48-31(54)24-8-14-27(15-9-24)46-34-49-35(51-36(50-34)59-22-40(42,43)44)52-39(17-18-39)25-10-12-26(41)13-11-25/h8-15,23,28-29H,5-7,16-22H2,1-4H3,(H,45,55)(H,47,57)(H,48,54)(H2,46,49,50,51,52)/t23?,28?,29-/m0/s1. The molecule has 16 nitrogen and oxygen atoms in total. The molecular weight excluding hydrogens is 813 g/mol. The number of hydrogen-bond acceptors (Lipinski definition) is 13. The molecule has 0 bridgehead atoms. The van der Waals surface area contributed by atoms with E-state index in [4.69, 9.17) is 25.8 Å². The summed E-state index contributed by atoms with van der Waals surface area (Å²) in [4.78, 5) is 75.7. The van der Waals surface area contributed by atoms with Crippen LogP contribution in [0.5, 0.6) is 6.01 Å². The van der Waals surface area contributed by atoms with Crippen LogP contribution in [-0.2, 0) is 29.4 Å². The zero-order chi connectivity index (χ0) is 43.7. The Kier molecular flexibility index (Phi) is 14.8. The van der Waals surface area contributed by atoms with E-state index in [1.807, 2.05) is 12.1 Å². The molecule has 3 atom stereocenters. The number of aromatic nitrogens is 3. The average Bonchev–Trinajstić information content (AvgIpc) is 3.96. The van der Waals surface area contributed by atoms with E-state index in [1.54, 1.807) is 32.9 Å². The maximum atomic E-state index is 13.2. The fourth-order valence-electron chi connectivity index (χ4n) is 6.61. The van der Waals surface area contributed by atoms with E-state index in [0.29, 0.717) is 30.0 Å². The van der Waals surface area contributed by atoms with Crippen LogP contribution < -0.4 is 31.3 Å². The highest BCUT2D eigenvalue weighted by molar-refractivity contribution is 6.36. The molecular formula is C40H48ClF3N8O8. The number of Topliss-reactive ketones (excluding diaryl/α,β-unsaturated/α-hetero) is 1. The van der Waals surface area contributed by atoms with Gasteiger partial charge in [0.2, 0.25) is 17.7 Å². The van der Waals surface area contributed by atoms with Crippen LogP contribution in [-0.4, -0.2) is 88.7 Å². The summed E-state index contributed by atoms with van der Waals surface area (Å²) in [5.41, 5.74) is 0.161. The summed E-state index contributed by atoms with van der Waals surface area (Å²) in [6, 6.07) is 11.0. The molecule has 324 valence electrons. The summed E-state index contributed by atoms with van der Waals surface area (Å²) < 4.78 is 54.0. The average molecular weight is 861 g/mol. The van der Waals surface area contributed by atoms with Gasteiger partial charge in [-0.25, -0.2) is 9.59 Å². The highest BCUT2D eigenvalue weighted by Crippen LogP contribution is 2.48. The van der Waals surface area contributed by atoms with Crippen molar-refractivity contribution in [2.45, 2.75) is 102 Å². The molecule has 2 fully saturated rings. The number of carbonyl (C=O) groups is 5. The van der Waals surface area contributed by atoms with Crippen LogP contribution in [0.1, 0.15) is 88.1 Å². The maximum Gasteiger partial charge on any atom is 0.422 e. The first-order chi connectivity index (χ1) is 28.3. The van der Waals surface area contributed by atoms with Crippen molar-refractivity contribution in [1.29, 1.82) is 0 Å². The van der Waals surface area contributed by atoms with Gasteiger partial charge >= 0.3 is 24.2 Å². The number of alkyl halides is 3. The molecule has 2 aliphatic rings. The number of rotatable bonds is 17. The van der Waals surface area contributed by atoms with Crippen LogP contribution in [0.15, 0.2) is 48.5 Å². The second-order valence-electron chi connectivity index (χ2n) is 15.7. The van der Waals surface area contributed by atoms with E-state index in [2.05, 4.69) is 41.5 Å². The second kappa shape index (κ2) is 19.6. The van der Waals surface area contributed by atoms with Gasteiger partial charge in [-0.15, -0.1) is 0 Å². The molecule has 20 heteroatoms. The Bertz CT molecular complexity index is 2010. The fourth-order valence-corrected chi connectivity index (χ4v) is 6.73. The predicted octanol–water partition coefficient (Wildman–Crippen LogP) is 6.13. The number of nitrogens with one attached hydrogen (secondary N) is 5. The summed E-state index contributed by atoms with van der Waals surface area (Å²) in [7, 11) is 1.14. The summed E-state index contributed by atoms with van der Waals surface area (Å²) >= 11 is 6.04. The number of benzene rings is 2. The van der Waals surface area contributed by atoms with Crippen molar-refractivity contribution in [1.82, 2.24) is 30.9 Å². The van der Waals surface area contributed by atoms with Crippen molar-refractivity contribution >= 4 is 58.8 Å². The van der Waals surface area contributed by atoms with Crippen molar-refractivity contribution in [3.05, 3.63) is 64.7 Å². The molecule has 3 amide bonds. The minimum Gasteiger partial charge on any atom is -0.467 e. The molecule has 0 radical (unpaired) electrons. The molecule has 5 rings (SSSR count). The molecule has 5 N–H and O–H groups in total. The SMILES string of the molecule is COC(=O)[C@H](CCNC(=O)C(=O)CC1CCCC(NC(=O)OC(C)(C)C)C1)NC(=O)c1ccc(Nc2nc(NC3(c4ccc(Cl)cc4)CC3)nc(OCC(F)(F)F)n2)cc1. The smallest absolute Gasteiger partial charge is 0.422 e. The molecule has 2 aromatic carbocycles. The molecule has 0 aliphatic heterocycles. The van der Waals surface area contributed by atoms with Crippen LogP contribution in [0.2, 0.25) is 5.02 Å². The second-order valence-corrected chi connectivity index (χ2v) is 16.1. The van der Waals surface area contributed by atoms with Gasteiger partial charge in [-0.3, -0.25) is 14.4 Å². The third-order valence-corrected chi connectivity index (χ3v) is 9.87. The van der Waals surface area contributed by atoms with E-state index in [1.165, 1.54) is 24.3 Å². The number of ketones is 1. The van der Waals surface area contributed by atoms with Crippen LogP contribution in [0.4, 0.5) is 35.5 Å². The van der Waals surface area contributed by atoms with Crippen molar-refractivity contribution in [2.75, 3.05) is 30.9 Å². The molecule has 3 aromatic rings. The predicted molar refractivity (Wildman–Crippen MR) is 213 cm³/mol. The van der Waals surface area contributed by atoms with Crippen molar-refractivity contribution in [2.24, 2.45) is 5.92 Å². The lowest BCUT2D eigenvalue weighted by atomic mass is 9.82. The quantitative estimate of drug-likeness (QED) is 0.0765. The van der Waals surface area contributed by atoms with E-state index in [0.717, 1.165) is 31.9 Å². The summed E-state index contributed by atoms with van der Waals surface area (Å²) in [6.07, 6.45) is -1.11. The number of alkyl carbamates (subject to hydrolysis) is 1. The third kappa shape index (κ3) is 13.9. The van der Waals surface area contributed by atoms with Crippen molar-refractivity contribution in [3.63, 3.8) is 0 Å². The first-order valence-electron chi connectivity index (χ1n) is 19.4. The molecule has 0 saturated heterocycles. The van der Waals surface area contributed by atoms with E-state index in [9.17, 15) is 37.1 Å². The number of carbonyl (C=O) groups excluding carboxylic acids is 5. The minimum absolute atomic E-state index is 0.0102. The number of hydrogen-bond donors (Lipinski definition) is 5. The number of amides is 3. The van der Waals surface area contributed by atoms with E-state index < -0.39 is 65.6 Å². The van der Waals surface area contributed by atoms with E-state index in [-0.39, 0.29) is 48.8 Å². The number of methoxy groups -OCH3 is 1. The molecule has 1 aromatic heterocycles. The van der Waals surface area contributed by atoms with Gasteiger partial charge in [0.05, 0.1) is 12.6 Å². The van der Waals surface area contributed by atoms with Crippen molar-refractivity contribution < 1.29 is 51.4 Å². The lowest BCUT2D eigenvalue weighted by Crippen LogP contribution is -2.44. The number of anilines is 3. The lowest BCUT2D eigenvalue weighted by Gasteiger charge is -2.30. The normalized spacial score (nSPS) is 17.6. The topological polar surface area (TPSA) is 212 Å². The fraction of sp³-hybridized carbons (Fsp3) is 0.500. The van der Waals surface area contributed by atoms with Gasteiger partial charge < -0.3 is 40.8 Å². The Balaban J connectivity index is 1.14. The first kappa shape index (κ1) is 45.4. The summed E-state index contributed by atoms with van der Waals surface area (Å²) in [5, 5.41) is 14.5. The zero-order valence-electron chi connectivity index (χ0n) is 33.5. The number of halogens is 4. The van der Waals surface area contributed by atoms with Gasteiger partial charge in [-0.05, 0) is 107 Å². The van der Waals surface area contributed by atoms with Gasteiger partial charge in [0.25, 0.3) is 11.8 Å². The Morgan fingerprint density at radius 2 is 1.62 bits per heavy atom. The lowest BCUT2D eigenvalue weighted by molar-refractivity contribution is -0.154. The van der Waals surface area contributed by atoms with E-state index >= 15 is 0 Å². The number of nitrogens with zero attached hydrogens (tertiary/aromatic N) is 3. The largest absolute Gasteiger partial charge is 0.467 e. The Morgan fingerprint density at radius 1 is 0.933 bits per heavy atom. The van der Waals surface area contributed by atoms with Crippen LogP contribution in [0.25, 0.3) is 0 Å². The van der Waals surface area contributed by atoms with Gasteiger partial charge in [0, 0.05) is 35.3 Å². The zero-order valence-corrected chi connectivity index (χ0v) is 34.3. The van der Waals surface area contributed by atoms with Crippen LogP contribution in [0.3, 0.4) is 0 Å². The monoisotopic (exact) mass is 860 g/mol. The highest BCUT2D eigenvalue weighted by Gasteiger charge is 2.45. The van der Waals surface area contributed by atoms with Gasteiger partial charge in [0.1, 0.15) is 11.6 Å². The van der Waals surface area contributed by atoms with Gasteiger partial charge in [0.15, 0.2) is 6.61 Å². The number of ether oxygens (including phenoxy) is 3. The Morgan fingerprint density at radius 3 is 2.25 bits per heavy atom. The third-order valence-electron chi connectivity index (χ3n) is 9.62. The van der Waals surface area contributed by atoms with Gasteiger partial charge in [-0.2, -0.15) is 28.1 Å². The summed E-state index contributed by atoms with van der Waals surface area (Å²) in [6.45, 7) is 3.54. The maximum absolute atomic E-state index is 13.2. The Hall–Kier alpha value is -5.72. The molecule has 2 aliphatic carbocycles. The minimum atomic E-state index is -4.64. The highest BCUT2D eigenvalue weighted by atomic mass is 35.5. The number of esters is 1. The molecule has 2 unspecified atom stereocenters.